The highest BCUT2D eigenvalue weighted by Gasteiger charge is 2.62. The topological polar surface area (TPSA) is 119 Å². The van der Waals surface area contributed by atoms with Gasteiger partial charge in [0.05, 0.1) is 19.3 Å². The maximum absolute atomic E-state index is 12.4. The van der Waals surface area contributed by atoms with Crippen LogP contribution < -0.4 is 5.73 Å². The van der Waals surface area contributed by atoms with Crippen LogP contribution in [0.3, 0.4) is 0 Å². The molecule has 7 nitrogen and oxygen atoms in total. The average molecular weight is 386 g/mol. The van der Waals surface area contributed by atoms with E-state index < -0.39 is 35.1 Å². The van der Waals surface area contributed by atoms with E-state index in [4.69, 9.17) is 26.8 Å². The second kappa shape index (κ2) is 7.92. The standard InChI is InChI=1S/C18H24ClNO6/c1-3-25-15(21)17(23)9-12(11-5-7-13(19)8-6-11)10-18(24,14(17)20)16(22)26-4-2/h5-8,12,14,23-24H,3-4,9-10,20H2,1-2H3. The first kappa shape index (κ1) is 20.6. The molecule has 0 radical (unpaired) electrons. The van der Waals surface area contributed by atoms with Gasteiger partial charge in [0, 0.05) is 5.02 Å². The monoisotopic (exact) mass is 385 g/mol. The number of benzene rings is 1. The minimum Gasteiger partial charge on any atom is -0.464 e. The van der Waals surface area contributed by atoms with Crippen LogP contribution in [0, 0.1) is 0 Å². The molecule has 2 rings (SSSR count). The molecule has 2 unspecified atom stereocenters. The third kappa shape index (κ3) is 3.71. The van der Waals surface area contributed by atoms with E-state index in [9.17, 15) is 19.8 Å². The van der Waals surface area contributed by atoms with Gasteiger partial charge in [-0.3, -0.25) is 0 Å². The second-order valence-corrected chi connectivity index (χ2v) is 6.86. The highest BCUT2D eigenvalue weighted by atomic mass is 35.5. The fourth-order valence-electron chi connectivity index (χ4n) is 3.38. The fraction of sp³-hybridized carbons (Fsp3) is 0.556. The van der Waals surface area contributed by atoms with Crippen LogP contribution in [0.2, 0.25) is 5.02 Å². The van der Waals surface area contributed by atoms with Crippen LogP contribution in [-0.4, -0.2) is 52.6 Å². The predicted molar refractivity (Wildman–Crippen MR) is 94.6 cm³/mol. The van der Waals surface area contributed by atoms with Gasteiger partial charge >= 0.3 is 11.9 Å². The minimum atomic E-state index is -2.24. The molecule has 1 aromatic carbocycles. The average Bonchev–Trinajstić information content (AvgIpc) is 2.60. The first-order chi connectivity index (χ1) is 12.2. The summed E-state index contributed by atoms with van der Waals surface area (Å²) in [5, 5.41) is 22.5. The van der Waals surface area contributed by atoms with Gasteiger partial charge in [-0.25, -0.2) is 9.59 Å². The van der Waals surface area contributed by atoms with Gasteiger partial charge in [0.25, 0.3) is 0 Å². The lowest BCUT2D eigenvalue weighted by Gasteiger charge is -2.47. The van der Waals surface area contributed by atoms with Gasteiger partial charge in [-0.2, -0.15) is 0 Å². The van der Waals surface area contributed by atoms with Crippen LogP contribution in [0.15, 0.2) is 24.3 Å². The van der Waals surface area contributed by atoms with Gasteiger partial charge in [-0.1, -0.05) is 23.7 Å². The molecule has 4 N–H and O–H groups in total. The first-order valence-electron chi connectivity index (χ1n) is 8.49. The van der Waals surface area contributed by atoms with Crippen molar-refractivity contribution < 1.29 is 29.3 Å². The minimum absolute atomic E-state index is 0.0251. The lowest BCUT2D eigenvalue weighted by atomic mass is 9.64. The van der Waals surface area contributed by atoms with E-state index in [2.05, 4.69) is 0 Å². The highest BCUT2D eigenvalue weighted by molar-refractivity contribution is 6.30. The van der Waals surface area contributed by atoms with Gasteiger partial charge in [-0.05, 0) is 50.3 Å². The number of carbonyl (C=O) groups is 2. The Hall–Kier alpha value is -1.67. The number of hydrogen-bond donors (Lipinski definition) is 3. The SMILES string of the molecule is CCOC(=O)C1(O)CC(c2ccc(Cl)cc2)CC(O)(C(=O)OCC)C1N. The largest absolute Gasteiger partial charge is 0.464 e. The Kier molecular flexibility index (Phi) is 6.29. The summed E-state index contributed by atoms with van der Waals surface area (Å²) in [6.45, 7) is 3.22. The second-order valence-electron chi connectivity index (χ2n) is 6.42. The Morgan fingerprint density at radius 3 is 1.88 bits per heavy atom. The maximum atomic E-state index is 12.4. The number of carbonyl (C=O) groups excluding carboxylic acids is 2. The quantitative estimate of drug-likeness (QED) is 0.650. The van der Waals surface area contributed by atoms with Crippen molar-refractivity contribution in [1.82, 2.24) is 0 Å². The van der Waals surface area contributed by atoms with Crippen molar-refractivity contribution in [3.05, 3.63) is 34.9 Å². The molecule has 0 aromatic heterocycles. The number of nitrogens with two attached hydrogens (primary N) is 1. The van der Waals surface area contributed by atoms with Crippen molar-refractivity contribution in [1.29, 1.82) is 0 Å². The molecule has 8 heteroatoms. The van der Waals surface area contributed by atoms with Crippen molar-refractivity contribution >= 4 is 23.5 Å². The van der Waals surface area contributed by atoms with Gasteiger partial charge in [-0.15, -0.1) is 0 Å². The Labute approximate surface area is 157 Å². The molecule has 2 atom stereocenters. The fourth-order valence-corrected chi connectivity index (χ4v) is 3.50. The summed E-state index contributed by atoms with van der Waals surface area (Å²) in [6.07, 6.45) is -0.202. The molecule has 0 heterocycles. The van der Waals surface area contributed by atoms with Crippen molar-refractivity contribution in [2.75, 3.05) is 13.2 Å². The summed E-state index contributed by atoms with van der Waals surface area (Å²) in [6, 6.07) is 5.13. The van der Waals surface area contributed by atoms with Crippen LogP contribution in [0.1, 0.15) is 38.2 Å². The summed E-state index contributed by atoms with van der Waals surface area (Å²) in [4.78, 5) is 24.8. The van der Waals surface area contributed by atoms with Crippen molar-refractivity contribution in [2.45, 2.75) is 49.9 Å². The molecular weight excluding hydrogens is 362 g/mol. The van der Waals surface area contributed by atoms with E-state index in [-0.39, 0.29) is 26.1 Å². The van der Waals surface area contributed by atoms with Crippen molar-refractivity contribution in [2.24, 2.45) is 5.73 Å². The van der Waals surface area contributed by atoms with Gasteiger partial charge in [0.1, 0.15) is 0 Å². The molecule has 0 bridgehead atoms. The van der Waals surface area contributed by atoms with Crippen LogP contribution >= 0.6 is 11.6 Å². The van der Waals surface area contributed by atoms with Crippen LogP contribution in [0.4, 0.5) is 0 Å². The predicted octanol–water partition coefficient (Wildman–Crippen LogP) is 1.13. The van der Waals surface area contributed by atoms with E-state index in [1.165, 1.54) is 0 Å². The summed E-state index contributed by atoms with van der Waals surface area (Å²) in [7, 11) is 0. The van der Waals surface area contributed by atoms with Crippen LogP contribution in [0.25, 0.3) is 0 Å². The Bertz CT molecular complexity index is 632. The number of esters is 2. The zero-order valence-corrected chi connectivity index (χ0v) is 15.5. The number of halogens is 1. The van der Waals surface area contributed by atoms with E-state index in [0.29, 0.717) is 10.6 Å². The first-order valence-corrected chi connectivity index (χ1v) is 8.87. The molecule has 0 amide bonds. The summed E-state index contributed by atoms with van der Waals surface area (Å²) < 4.78 is 9.88. The third-order valence-corrected chi connectivity index (χ3v) is 5.00. The lowest BCUT2D eigenvalue weighted by Crippen LogP contribution is -2.71. The smallest absolute Gasteiger partial charge is 0.339 e. The number of ether oxygens (including phenoxy) is 2. The Morgan fingerprint density at radius 1 is 1.08 bits per heavy atom. The van der Waals surface area contributed by atoms with Crippen molar-refractivity contribution in [3.63, 3.8) is 0 Å². The molecule has 1 aliphatic rings. The molecule has 0 aliphatic heterocycles. The Morgan fingerprint density at radius 2 is 1.50 bits per heavy atom. The van der Waals surface area contributed by atoms with E-state index >= 15 is 0 Å². The Balaban J connectivity index is 2.47. The molecule has 1 aliphatic carbocycles. The molecular formula is C18H24ClNO6. The molecule has 26 heavy (non-hydrogen) atoms. The maximum Gasteiger partial charge on any atom is 0.339 e. The lowest BCUT2D eigenvalue weighted by molar-refractivity contribution is -0.198. The summed E-state index contributed by atoms with van der Waals surface area (Å²) >= 11 is 5.90. The zero-order chi connectivity index (χ0) is 19.5. The molecule has 0 saturated heterocycles. The van der Waals surface area contributed by atoms with Crippen LogP contribution in [-0.2, 0) is 19.1 Å². The zero-order valence-electron chi connectivity index (χ0n) is 14.8. The molecule has 144 valence electrons. The highest BCUT2D eigenvalue weighted by Crippen LogP contribution is 2.44. The number of aliphatic hydroxyl groups is 2. The van der Waals surface area contributed by atoms with E-state index in [1.54, 1.807) is 38.1 Å². The summed E-state index contributed by atoms with van der Waals surface area (Å²) in [5.74, 6) is -2.49. The van der Waals surface area contributed by atoms with Crippen molar-refractivity contribution in [3.8, 4) is 0 Å². The third-order valence-electron chi connectivity index (χ3n) is 4.74. The van der Waals surface area contributed by atoms with Crippen LogP contribution in [0.5, 0.6) is 0 Å². The van der Waals surface area contributed by atoms with Gasteiger partial charge < -0.3 is 25.4 Å². The number of rotatable bonds is 5. The van der Waals surface area contributed by atoms with E-state index in [1.807, 2.05) is 0 Å². The van der Waals surface area contributed by atoms with E-state index in [0.717, 1.165) is 0 Å². The molecule has 0 spiro atoms. The molecule has 1 fully saturated rings. The summed E-state index contributed by atoms with van der Waals surface area (Å²) in [5.41, 5.74) is 2.22. The normalized spacial score (nSPS) is 31.3. The number of hydrogen-bond acceptors (Lipinski definition) is 7. The van der Waals surface area contributed by atoms with Gasteiger partial charge in [0.15, 0.2) is 11.2 Å². The molecule has 1 saturated carbocycles. The molecule has 1 aromatic rings. The van der Waals surface area contributed by atoms with Gasteiger partial charge in [0.2, 0.25) is 0 Å².